The van der Waals surface area contributed by atoms with Crippen molar-refractivity contribution in [2.75, 3.05) is 0 Å². The first-order valence-corrected chi connectivity index (χ1v) is 6.58. The fourth-order valence-corrected chi connectivity index (χ4v) is 2.36. The maximum absolute atomic E-state index is 13.3. The summed E-state index contributed by atoms with van der Waals surface area (Å²) in [6, 6.07) is 11.3. The van der Waals surface area contributed by atoms with Gasteiger partial charge in [0.05, 0.1) is 11.8 Å². The molecule has 0 radical (unpaired) electrons. The number of phenols is 1. The van der Waals surface area contributed by atoms with Gasteiger partial charge in [-0.15, -0.1) is 0 Å². The van der Waals surface area contributed by atoms with Crippen LogP contribution in [0.5, 0.6) is 5.75 Å². The molecule has 1 heterocycles. The Hall–Kier alpha value is -2.07. The number of hydrogen-bond acceptors (Lipinski definition) is 3. The second kappa shape index (κ2) is 5.13. The van der Waals surface area contributed by atoms with Gasteiger partial charge < -0.3 is 10.5 Å². The largest absolute Gasteiger partial charge is 0.507 e. The van der Waals surface area contributed by atoms with Crippen molar-refractivity contribution >= 4 is 17.3 Å². The second-order valence-electron chi connectivity index (χ2n) is 4.66. The van der Waals surface area contributed by atoms with Crippen molar-refractivity contribution in [3.8, 4) is 5.75 Å². The number of phenolic OH excluding ortho intramolecular Hbond substituents is 1. The molecule has 0 saturated carbocycles. The lowest BCUT2D eigenvalue weighted by Gasteiger charge is -2.10. The Morgan fingerprint density at radius 3 is 2.70 bits per heavy atom. The van der Waals surface area contributed by atoms with Crippen molar-refractivity contribution in [3.05, 3.63) is 64.4 Å². The summed E-state index contributed by atoms with van der Waals surface area (Å²) in [7, 11) is 0. The number of nitrogens with zero attached hydrogens (tertiary/aromatic N) is 1. The van der Waals surface area contributed by atoms with Crippen LogP contribution in [0.4, 0.5) is 4.39 Å². The molecule has 1 atom stereocenters. The molecular formula is C15H12ClFN2O. The smallest absolute Gasteiger partial charge is 0.124 e. The lowest BCUT2D eigenvalue weighted by atomic mass is 9.98. The van der Waals surface area contributed by atoms with E-state index in [-0.39, 0.29) is 11.8 Å². The summed E-state index contributed by atoms with van der Waals surface area (Å²) < 4.78 is 13.3. The lowest BCUT2D eigenvalue weighted by Crippen LogP contribution is -2.09. The van der Waals surface area contributed by atoms with E-state index in [4.69, 9.17) is 11.6 Å². The number of halogens is 2. The molecule has 0 aromatic heterocycles. The van der Waals surface area contributed by atoms with E-state index in [9.17, 15) is 9.50 Å². The summed E-state index contributed by atoms with van der Waals surface area (Å²) in [4.78, 5) is 0. The van der Waals surface area contributed by atoms with Crippen molar-refractivity contribution in [2.24, 2.45) is 5.10 Å². The summed E-state index contributed by atoms with van der Waals surface area (Å²) in [5.41, 5.74) is 5.11. The van der Waals surface area contributed by atoms with E-state index < -0.39 is 5.82 Å². The molecule has 5 heteroatoms. The van der Waals surface area contributed by atoms with E-state index in [1.54, 1.807) is 0 Å². The topological polar surface area (TPSA) is 44.6 Å². The maximum atomic E-state index is 13.3. The van der Waals surface area contributed by atoms with Gasteiger partial charge in [0.15, 0.2) is 0 Å². The van der Waals surface area contributed by atoms with E-state index >= 15 is 0 Å². The van der Waals surface area contributed by atoms with Crippen LogP contribution in [0.15, 0.2) is 47.6 Å². The first-order chi connectivity index (χ1) is 9.63. The Kier molecular flexibility index (Phi) is 3.32. The molecular weight excluding hydrogens is 279 g/mol. The van der Waals surface area contributed by atoms with Gasteiger partial charge in [0.1, 0.15) is 11.6 Å². The van der Waals surface area contributed by atoms with Crippen molar-refractivity contribution < 1.29 is 9.50 Å². The van der Waals surface area contributed by atoms with Crippen LogP contribution in [0.25, 0.3) is 0 Å². The average molecular weight is 291 g/mol. The number of hydrazone groups is 1. The normalized spacial score (nSPS) is 17.7. The van der Waals surface area contributed by atoms with Gasteiger partial charge in [-0.1, -0.05) is 23.7 Å². The molecule has 0 fully saturated rings. The van der Waals surface area contributed by atoms with Gasteiger partial charge in [-0.2, -0.15) is 5.10 Å². The third-order valence-electron chi connectivity index (χ3n) is 3.29. The lowest BCUT2D eigenvalue weighted by molar-refractivity contribution is 0.471. The molecule has 0 aliphatic carbocycles. The molecule has 0 amide bonds. The highest BCUT2D eigenvalue weighted by molar-refractivity contribution is 6.30. The quantitative estimate of drug-likeness (QED) is 0.887. The van der Waals surface area contributed by atoms with Gasteiger partial charge >= 0.3 is 0 Å². The SMILES string of the molecule is Oc1ccc(F)cc1C1=NNC(c2ccc(Cl)cc2)C1. The fourth-order valence-electron chi connectivity index (χ4n) is 2.24. The van der Waals surface area contributed by atoms with Crippen LogP contribution in [0.1, 0.15) is 23.6 Å². The van der Waals surface area contributed by atoms with E-state index in [0.717, 1.165) is 5.56 Å². The molecule has 2 aromatic rings. The van der Waals surface area contributed by atoms with Crippen LogP contribution >= 0.6 is 11.6 Å². The minimum absolute atomic E-state index is 0.00457. The Balaban J connectivity index is 1.82. The number of nitrogens with one attached hydrogen (secondary N) is 1. The zero-order valence-electron chi connectivity index (χ0n) is 10.5. The van der Waals surface area contributed by atoms with E-state index in [0.29, 0.717) is 22.7 Å². The van der Waals surface area contributed by atoms with Gasteiger partial charge in [-0.25, -0.2) is 4.39 Å². The van der Waals surface area contributed by atoms with Crippen LogP contribution in [0, 0.1) is 5.82 Å². The molecule has 1 aliphatic heterocycles. The molecule has 2 aromatic carbocycles. The summed E-state index contributed by atoms with van der Waals surface area (Å²) >= 11 is 5.86. The predicted octanol–water partition coefficient (Wildman–Crippen LogP) is 3.62. The molecule has 3 nitrogen and oxygen atoms in total. The third kappa shape index (κ3) is 2.47. The number of rotatable bonds is 2. The van der Waals surface area contributed by atoms with Gasteiger partial charge in [0.25, 0.3) is 0 Å². The Morgan fingerprint density at radius 2 is 1.95 bits per heavy atom. The predicted molar refractivity (Wildman–Crippen MR) is 76.5 cm³/mol. The number of hydrogen-bond donors (Lipinski definition) is 2. The molecule has 1 unspecified atom stereocenters. The second-order valence-corrected chi connectivity index (χ2v) is 5.09. The zero-order chi connectivity index (χ0) is 14.1. The van der Waals surface area contributed by atoms with Crippen LogP contribution in [0.2, 0.25) is 5.02 Å². The van der Waals surface area contributed by atoms with Crippen molar-refractivity contribution in [1.29, 1.82) is 0 Å². The molecule has 0 saturated heterocycles. The molecule has 3 rings (SSSR count). The summed E-state index contributed by atoms with van der Waals surface area (Å²) in [5.74, 6) is -0.362. The minimum atomic E-state index is -0.393. The van der Waals surface area contributed by atoms with Crippen LogP contribution in [-0.4, -0.2) is 10.8 Å². The van der Waals surface area contributed by atoms with Gasteiger partial charge in [0, 0.05) is 17.0 Å². The van der Waals surface area contributed by atoms with Crippen molar-refractivity contribution in [3.63, 3.8) is 0 Å². The van der Waals surface area contributed by atoms with E-state index in [1.807, 2.05) is 24.3 Å². The zero-order valence-corrected chi connectivity index (χ0v) is 11.2. The summed E-state index contributed by atoms with van der Waals surface area (Å²) in [6.45, 7) is 0. The standard InChI is InChI=1S/C15H12ClFN2O/c16-10-3-1-9(2-4-10)13-8-14(19-18-13)12-7-11(17)5-6-15(12)20/h1-7,13,18,20H,8H2. The maximum Gasteiger partial charge on any atom is 0.124 e. The Morgan fingerprint density at radius 1 is 1.20 bits per heavy atom. The molecule has 1 aliphatic rings. The Bertz CT molecular complexity index is 670. The third-order valence-corrected chi connectivity index (χ3v) is 3.55. The molecule has 0 spiro atoms. The highest BCUT2D eigenvalue weighted by atomic mass is 35.5. The van der Waals surface area contributed by atoms with Crippen LogP contribution in [-0.2, 0) is 0 Å². The molecule has 102 valence electrons. The molecule has 0 bridgehead atoms. The van der Waals surface area contributed by atoms with Crippen molar-refractivity contribution in [2.45, 2.75) is 12.5 Å². The molecule has 20 heavy (non-hydrogen) atoms. The van der Waals surface area contributed by atoms with Gasteiger partial charge in [-0.05, 0) is 35.9 Å². The highest BCUT2D eigenvalue weighted by Crippen LogP contribution is 2.29. The Labute approximate surface area is 120 Å². The monoisotopic (exact) mass is 290 g/mol. The van der Waals surface area contributed by atoms with Gasteiger partial charge in [0.2, 0.25) is 0 Å². The average Bonchev–Trinajstić information content (AvgIpc) is 2.92. The van der Waals surface area contributed by atoms with Crippen molar-refractivity contribution in [1.82, 2.24) is 5.43 Å². The minimum Gasteiger partial charge on any atom is -0.507 e. The van der Waals surface area contributed by atoms with Crippen LogP contribution in [0.3, 0.4) is 0 Å². The first-order valence-electron chi connectivity index (χ1n) is 6.20. The summed E-state index contributed by atoms with van der Waals surface area (Å²) in [6.07, 6.45) is 0.582. The highest BCUT2D eigenvalue weighted by Gasteiger charge is 2.23. The summed E-state index contributed by atoms with van der Waals surface area (Å²) in [5, 5.41) is 14.7. The molecule has 2 N–H and O–H groups in total. The number of benzene rings is 2. The van der Waals surface area contributed by atoms with E-state index in [2.05, 4.69) is 10.5 Å². The first kappa shape index (κ1) is 12.9. The van der Waals surface area contributed by atoms with Gasteiger partial charge in [-0.3, -0.25) is 0 Å². The number of aromatic hydroxyl groups is 1. The fraction of sp³-hybridized carbons (Fsp3) is 0.133. The van der Waals surface area contributed by atoms with E-state index in [1.165, 1.54) is 18.2 Å². The van der Waals surface area contributed by atoms with Crippen LogP contribution < -0.4 is 5.43 Å².